The summed E-state index contributed by atoms with van der Waals surface area (Å²) in [4.78, 5) is 33.1. The third-order valence-corrected chi connectivity index (χ3v) is 11.8. The standard InChI is InChI=1S/C38H38ClN7O2S2/c1-22-12-14-26-34(40-22)50-36(42-26)44-35(48)41-25-9-5-6-10-27(25)46-21-38(16-18-45(19-17-38)20-37(2,3)4)30-23(13-15-28(47)32(30)46)33-43-31-24(39)8-7-11-29(31)49-33/h5-15,47H,16-21H2,1-4H3,(H2,41,42,44,48). The Morgan fingerprint density at radius 1 is 0.960 bits per heavy atom. The molecule has 3 aromatic carbocycles. The van der Waals surface area contributed by atoms with Gasteiger partial charge < -0.3 is 20.2 Å². The normalized spacial score (nSPS) is 16.0. The highest BCUT2D eigenvalue weighted by Gasteiger charge is 2.49. The smallest absolute Gasteiger partial charge is 0.325 e. The lowest BCUT2D eigenvalue weighted by Gasteiger charge is -2.42. The third-order valence-electron chi connectivity index (χ3n) is 9.59. The molecule has 0 bridgehead atoms. The van der Waals surface area contributed by atoms with Gasteiger partial charge in [0, 0.05) is 29.8 Å². The molecule has 5 heterocycles. The molecule has 12 heteroatoms. The van der Waals surface area contributed by atoms with E-state index >= 15 is 0 Å². The van der Waals surface area contributed by atoms with E-state index in [9.17, 15) is 9.90 Å². The van der Waals surface area contributed by atoms with Gasteiger partial charge in [-0.25, -0.2) is 19.7 Å². The van der Waals surface area contributed by atoms with E-state index in [0.717, 1.165) is 86.2 Å². The van der Waals surface area contributed by atoms with Crippen molar-refractivity contribution in [2.24, 2.45) is 5.41 Å². The molecule has 6 aromatic rings. The lowest BCUT2D eigenvalue weighted by atomic mass is 9.72. The molecule has 1 fully saturated rings. The number of nitrogens with one attached hydrogen (secondary N) is 2. The van der Waals surface area contributed by atoms with Crippen LogP contribution in [0.25, 0.3) is 31.1 Å². The van der Waals surface area contributed by atoms with Gasteiger partial charge in [-0.1, -0.05) is 61.9 Å². The highest BCUT2D eigenvalue weighted by Crippen LogP contribution is 2.57. The van der Waals surface area contributed by atoms with Crippen LogP contribution in [0.15, 0.2) is 66.7 Å². The number of piperidine rings is 1. The van der Waals surface area contributed by atoms with E-state index in [1.807, 2.05) is 61.5 Å². The summed E-state index contributed by atoms with van der Waals surface area (Å²) in [6, 6.07) is 20.8. The number of aromatic nitrogens is 3. The Balaban J connectivity index is 1.18. The fourth-order valence-corrected chi connectivity index (χ4v) is 9.69. The van der Waals surface area contributed by atoms with E-state index in [2.05, 4.69) is 57.2 Å². The summed E-state index contributed by atoms with van der Waals surface area (Å²) >= 11 is 9.56. The Morgan fingerprint density at radius 3 is 2.54 bits per heavy atom. The summed E-state index contributed by atoms with van der Waals surface area (Å²) in [6.45, 7) is 12.4. The number of benzene rings is 3. The van der Waals surface area contributed by atoms with E-state index in [0.29, 0.717) is 22.4 Å². The summed E-state index contributed by atoms with van der Waals surface area (Å²) in [5, 5.41) is 19.7. The number of phenolic OH excluding ortho intramolecular Hbond substituents is 1. The second-order valence-electron chi connectivity index (χ2n) is 14.6. The second-order valence-corrected chi connectivity index (χ2v) is 17.0. The number of halogens is 1. The first-order valence-corrected chi connectivity index (χ1v) is 18.8. The van der Waals surface area contributed by atoms with E-state index in [-0.39, 0.29) is 16.6 Å². The number of pyridine rings is 1. The maximum Gasteiger partial charge on any atom is 0.325 e. The summed E-state index contributed by atoms with van der Waals surface area (Å²) in [7, 11) is 0. The van der Waals surface area contributed by atoms with Gasteiger partial charge in [0.05, 0.1) is 26.8 Å². The second kappa shape index (κ2) is 12.5. The Labute approximate surface area is 304 Å². The quantitative estimate of drug-likeness (QED) is 0.163. The van der Waals surface area contributed by atoms with Crippen LogP contribution in [0.3, 0.4) is 0 Å². The number of rotatable bonds is 5. The van der Waals surface area contributed by atoms with Gasteiger partial charge in [0.15, 0.2) is 5.13 Å². The zero-order valence-electron chi connectivity index (χ0n) is 28.4. The predicted octanol–water partition coefficient (Wildman–Crippen LogP) is 9.81. The fraction of sp³-hybridized carbons (Fsp3) is 0.316. The molecule has 0 unspecified atom stereocenters. The molecule has 0 aliphatic carbocycles. The summed E-state index contributed by atoms with van der Waals surface area (Å²) in [5.74, 6) is 0.202. The van der Waals surface area contributed by atoms with Crippen molar-refractivity contribution >= 4 is 83.1 Å². The van der Waals surface area contributed by atoms with Crippen LogP contribution in [0.5, 0.6) is 5.75 Å². The van der Waals surface area contributed by atoms with Crippen LogP contribution in [0, 0.1) is 12.3 Å². The van der Waals surface area contributed by atoms with Gasteiger partial charge >= 0.3 is 6.03 Å². The molecule has 3 aromatic heterocycles. The number of hydrogen-bond acceptors (Lipinski definition) is 9. The lowest BCUT2D eigenvalue weighted by Crippen LogP contribution is -2.47. The number of amides is 2. The molecule has 3 N–H and O–H groups in total. The van der Waals surface area contributed by atoms with Crippen molar-refractivity contribution < 1.29 is 9.90 Å². The minimum atomic E-state index is -0.401. The Morgan fingerprint density at radius 2 is 1.76 bits per heavy atom. The first-order valence-electron chi connectivity index (χ1n) is 16.8. The summed E-state index contributed by atoms with van der Waals surface area (Å²) in [5.41, 5.74) is 6.70. The van der Waals surface area contributed by atoms with Crippen molar-refractivity contribution in [1.29, 1.82) is 0 Å². The maximum atomic E-state index is 13.4. The number of nitrogens with zero attached hydrogens (tertiary/aromatic N) is 5. The molecular formula is C38H38ClN7O2S2. The van der Waals surface area contributed by atoms with Gasteiger partial charge in [-0.15, -0.1) is 11.3 Å². The number of carbonyl (C=O) groups excluding carboxylic acids is 1. The molecule has 1 spiro atoms. The van der Waals surface area contributed by atoms with Gasteiger partial charge in [-0.3, -0.25) is 5.32 Å². The number of anilines is 4. The number of aromatic hydroxyl groups is 1. The van der Waals surface area contributed by atoms with Crippen molar-refractivity contribution in [3.8, 4) is 16.3 Å². The first-order chi connectivity index (χ1) is 24.0. The van der Waals surface area contributed by atoms with Gasteiger partial charge in [-0.05, 0) is 92.4 Å². The van der Waals surface area contributed by atoms with Crippen LogP contribution < -0.4 is 15.5 Å². The van der Waals surface area contributed by atoms with E-state index < -0.39 is 6.03 Å². The molecule has 0 radical (unpaired) electrons. The third kappa shape index (κ3) is 6.06. The number of urea groups is 1. The van der Waals surface area contributed by atoms with E-state index in [1.54, 1.807) is 17.4 Å². The van der Waals surface area contributed by atoms with Crippen LogP contribution >= 0.6 is 34.3 Å². The van der Waals surface area contributed by atoms with E-state index in [4.69, 9.17) is 16.6 Å². The zero-order valence-corrected chi connectivity index (χ0v) is 30.8. The van der Waals surface area contributed by atoms with Gasteiger partial charge in [0.1, 0.15) is 26.6 Å². The summed E-state index contributed by atoms with van der Waals surface area (Å²) in [6.07, 6.45) is 1.85. The Bertz CT molecular complexity index is 2270. The van der Waals surface area contributed by atoms with Crippen LogP contribution in [0.4, 0.5) is 27.0 Å². The molecule has 1 saturated heterocycles. The van der Waals surface area contributed by atoms with Crippen LogP contribution in [-0.4, -0.2) is 57.2 Å². The van der Waals surface area contributed by atoms with Crippen LogP contribution in [0.1, 0.15) is 44.9 Å². The van der Waals surface area contributed by atoms with Crippen molar-refractivity contribution in [1.82, 2.24) is 19.9 Å². The van der Waals surface area contributed by atoms with Crippen LogP contribution in [-0.2, 0) is 5.41 Å². The zero-order chi connectivity index (χ0) is 34.8. The largest absolute Gasteiger partial charge is 0.506 e. The number of hydrogen-bond donors (Lipinski definition) is 3. The molecule has 8 rings (SSSR count). The lowest BCUT2D eigenvalue weighted by molar-refractivity contribution is 0.125. The number of thiazole rings is 2. The van der Waals surface area contributed by atoms with Crippen molar-refractivity contribution in [3.63, 3.8) is 0 Å². The highest BCUT2D eigenvalue weighted by atomic mass is 35.5. The number of phenols is 1. The number of fused-ring (bicyclic) bond motifs is 4. The minimum Gasteiger partial charge on any atom is -0.506 e. The van der Waals surface area contributed by atoms with Gasteiger partial charge in [-0.2, -0.15) is 0 Å². The fourth-order valence-electron chi connectivity index (χ4n) is 7.51. The van der Waals surface area contributed by atoms with E-state index in [1.165, 1.54) is 11.3 Å². The average molecular weight is 724 g/mol. The molecule has 0 atom stereocenters. The Kier molecular flexibility index (Phi) is 8.21. The highest BCUT2D eigenvalue weighted by molar-refractivity contribution is 7.22. The van der Waals surface area contributed by atoms with Crippen molar-refractivity contribution in [3.05, 3.63) is 83.0 Å². The summed E-state index contributed by atoms with van der Waals surface area (Å²) < 4.78 is 1.03. The molecule has 50 heavy (non-hydrogen) atoms. The molecule has 2 amide bonds. The Hall–Kier alpha value is -4.29. The monoisotopic (exact) mass is 723 g/mol. The molecule has 2 aliphatic rings. The molecular weight excluding hydrogens is 686 g/mol. The molecule has 0 saturated carbocycles. The van der Waals surface area contributed by atoms with Gasteiger partial charge in [0.25, 0.3) is 0 Å². The number of aryl methyl sites for hydroxylation is 1. The predicted molar refractivity (Wildman–Crippen MR) is 207 cm³/mol. The van der Waals surface area contributed by atoms with Crippen LogP contribution in [0.2, 0.25) is 5.02 Å². The average Bonchev–Trinajstić information content (AvgIpc) is 3.77. The molecule has 256 valence electrons. The van der Waals surface area contributed by atoms with Gasteiger partial charge in [0.2, 0.25) is 0 Å². The maximum absolute atomic E-state index is 13.4. The SMILES string of the molecule is Cc1ccc2nc(NC(=O)Nc3ccccc3N3CC4(CCN(CC(C)(C)C)CC4)c4c(-c5nc6c(Cl)cccc6s5)ccc(O)c43)sc2n1. The number of carbonyl (C=O) groups is 1. The minimum absolute atomic E-state index is 0.194. The topological polar surface area (TPSA) is 107 Å². The molecule has 9 nitrogen and oxygen atoms in total. The molecule has 2 aliphatic heterocycles. The number of para-hydroxylation sites is 3. The van der Waals surface area contributed by atoms with Crippen molar-refractivity contribution in [2.75, 3.05) is 41.7 Å². The van der Waals surface area contributed by atoms with Crippen molar-refractivity contribution in [2.45, 2.75) is 46.0 Å². The first kappa shape index (κ1) is 32.9. The number of likely N-dealkylation sites (tertiary alicyclic amines) is 1.